The number of esters is 2. The lowest BCUT2D eigenvalue weighted by Gasteiger charge is -2.07. The summed E-state index contributed by atoms with van der Waals surface area (Å²) in [5, 5.41) is 2.62. The van der Waals surface area contributed by atoms with E-state index < -0.39 is 24.5 Å². The Morgan fingerprint density at radius 3 is 2.26 bits per heavy atom. The Labute approximate surface area is 195 Å². The first-order valence-electron chi connectivity index (χ1n) is 10.7. The number of hydrogen-bond donors (Lipinski definition) is 2. The van der Waals surface area contributed by atoms with Gasteiger partial charge >= 0.3 is 11.9 Å². The first-order chi connectivity index (χ1) is 16.4. The molecule has 0 saturated heterocycles. The number of aromatic amines is 1. The molecule has 8 heteroatoms. The van der Waals surface area contributed by atoms with Crippen molar-refractivity contribution in [3.63, 3.8) is 0 Å². The number of fused-ring (bicyclic) bond motifs is 1. The maximum atomic E-state index is 12.5. The molecule has 1 heterocycles. The van der Waals surface area contributed by atoms with Gasteiger partial charge in [-0.25, -0.2) is 14.6 Å². The van der Waals surface area contributed by atoms with Gasteiger partial charge in [0, 0.05) is 11.3 Å². The minimum absolute atomic E-state index is 0.282. The Morgan fingerprint density at radius 1 is 0.882 bits per heavy atom. The van der Waals surface area contributed by atoms with E-state index in [2.05, 4.69) is 15.3 Å². The summed E-state index contributed by atoms with van der Waals surface area (Å²) in [7, 11) is 0. The van der Waals surface area contributed by atoms with Gasteiger partial charge in [0.25, 0.3) is 5.91 Å². The molecule has 3 aromatic carbocycles. The van der Waals surface area contributed by atoms with Gasteiger partial charge in [-0.1, -0.05) is 29.8 Å². The maximum absolute atomic E-state index is 12.5. The third-order valence-corrected chi connectivity index (χ3v) is 5.06. The summed E-state index contributed by atoms with van der Waals surface area (Å²) in [6.07, 6.45) is 0. The van der Waals surface area contributed by atoms with Crippen molar-refractivity contribution in [2.24, 2.45) is 0 Å². The van der Waals surface area contributed by atoms with Crippen molar-refractivity contribution in [1.82, 2.24) is 9.97 Å². The Kier molecular flexibility index (Phi) is 6.68. The summed E-state index contributed by atoms with van der Waals surface area (Å²) in [5.74, 6) is -0.855. The second-order valence-electron chi connectivity index (χ2n) is 7.61. The van der Waals surface area contributed by atoms with E-state index in [1.807, 2.05) is 31.2 Å². The molecule has 0 bridgehead atoms. The second-order valence-corrected chi connectivity index (χ2v) is 7.61. The monoisotopic (exact) mass is 457 g/mol. The minimum Gasteiger partial charge on any atom is -0.462 e. The van der Waals surface area contributed by atoms with E-state index in [-0.39, 0.29) is 6.61 Å². The molecule has 0 saturated carbocycles. The van der Waals surface area contributed by atoms with Crippen molar-refractivity contribution in [2.75, 3.05) is 18.5 Å². The lowest BCUT2D eigenvalue weighted by atomic mass is 10.1. The lowest BCUT2D eigenvalue weighted by molar-refractivity contribution is -0.119. The summed E-state index contributed by atoms with van der Waals surface area (Å²) in [4.78, 5) is 44.1. The highest BCUT2D eigenvalue weighted by molar-refractivity contribution is 5.97. The van der Waals surface area contributed by atoms with Crippen molar-refractivity contribution < 1.29 is 23.9 Å². The van der Waals surface area contributed by atoms with Crippen LogP contribution in [0.4, 0.5) is 5.69 Å². The Bertz CT molecular complexity index is 1340. The van der Waals surface area contributed by atoms with E-state index in [4.69, 9.17) is 9.47 Å². The molecule has 8 nitrogen and oxygen atoms in total. The van der Waals surface area contributed by atoms with Gasteiger partial charge in [-0.05, 0) is 56.3 Å². The van der Waals surface area contributed by atoms with Crippen LogP contribution in [0.2, 0.25) is 0 Å². The van der Waals surface area contributed by atoms with Gasteiger partial charge in [-0.2, -0.15) is 0 Å². The molecule has 0 atom stereocenters. The number of hydrogen-bond acceptors (Lipinski definition) is 6. The average Bonchev–Trinajstić information content (AvgIpc) is 3.27. The molecule has 0 radical (unpaired) electrons. The summed E-state index contributed by atoms with van der Waals surface area (Å²) in [6, 6.07) is 19.2. The number of aryl methyl sites for hydroxylation is 1. The highest BCUT2D eigenvalue weighted by atomic mass is 16.5. The Hall–Kier alpha value is -4.46. The molecular formula is C26H23N3O5. The second kappa shape index (κ2) is 9.99. The van der Waals surface area contributed by atoms with Crippen molar-refractivity contribution in [1.29, 1.82) is 0 Å². The molecule has 0 aliphatic carbocycles. The predicted molar refractivity (Wildman–Crippen MR) is 128 cm³/mol. The van der Waals surface area contributed by atoms with Crippen LogP contribution in [0.15, 0.2) is 66.7 Å². The smallest absolute Gasteiger partial charge is 0.338 e. The topological polar surface area (TPSA) is 110 Å². The van der Waals surface area contributed by atoms with Gasteiger partial charge in [0.15, 0.2) is 6.61 Å². The summed E-state index contributed by atoms with van der Waals surface area (Å²) in [5.41, 5.74) is 4.66. The fourth-order valence-electron chi connectivity index (χ4n) is 3.30. The van der Waals surface area contributed by atoms with E-state index in [1.165, 1.54) is 0 Å². The van der Waals surface area contributed by atoms with Crippen LogP contribution in [0.5, 0.6) is 0 Å². The van der Waals surface area contributed by atoms with Gasteiger partial charge in [-0.3, -0.25) is 4.79 Å². The number of anilines is 1. The third-order valence-electron chi connectivity index (χ3n) is 5.06. The summed E-state index contributed by atoms with van der Waals surface area (Å²) < 4.78 is 10.1. The van der Waals surface area contributed by atoms with Gasteiger partial charge in [0.2, 0.25) is 0 Å². The first-order valence-corrected chi connectivity index (χ1v) is 10.7. The zero-order chi connectivity index (χ0) is 24.1. The van der Waals surface area contributed by atoms with Crippen LogP contribution in [-0.2, 0) is 14.3 Å². The van der Waals surface area contributed by atoms with E-state index in [0.717, 1.165) is 16.6 Å². The number of carbonyl (C=O) groups is 3. The number of ether oxygens (including phenoxy) is 2. The number of aromatic nitrogens is 2. The van der Waals surface area contributed by atoms with Crippen LogP contribution in [0, 0.1) is 6.92 Å². The Morgan fingerprint density at radius 2 is 1.56 bits per heavy atom. The van der Waals surface area contributed by atoms with Crippen LogP contribution in [0.3, 0.4) is 0 Å². The molecule has 0 aliphatic rings. The number of nitrogens with one attached hydrogen (secondary N) is 2. The fraction of sp³-hybridized carbons (Fsp3) is 0.154. The summed E-state index contributed by atoms with van der Waals surface area (Å²) >= 11 is 0. The number of nitrogens with zero attached hydrogens (tertiary/aromatic N) is 1. The molecule has 0 fully saturated rings. The van der Waals surface area contributed by atoms with Crippen LogP contribution in [-0.4, -0.2) is 41.0 Å². The quantitative estimate of drug-likeness (QED) is 0.395. The summed E-state index contributed by atoms with van der Waals surface area (Å²) in [6.45, 7) is 3.57. The molecule has 34 heavy (non-hydrogen) atoms. The van der Waals surface area contributed by atoms with Gasteiger partial charge in [0.05, 0.1) is 28.8 Å². The first kappa shape index (κ1) is 22.7. The zero-order valence-electron chi connectivity index (χ0n) is 18.8. The predicted octanol–water partition coefficient (Wildman–Crippen LogP) is 4.51. The van der Waals surface area contributed by atoms with E-state index in [1.54, 1.807) is 49.4 Å². The van der Waals surface area contributed by atoms with Gasteiger partial charge in [-0.15, -0.1) is 0 Å². The fourth-order valence-corrected chi connectivity index (χ4v) is 3.30. The maximum Gasteiger partial charge on any atom is 0.338 e. The molecule has 0 unspecified atom stereocenters. The number of amides is 1. The van der Waals surface area contributed by atoms with Crippen molar-refractivity contribution in [3.8, 4) is 11.4 Å². The zero-order valence-corrected chi connectivity index (χ0v) is 18.8. The lowest BCUT2D eigenvalue weighted by Crippen LogP contribution is -2.21. The molecule has 1 aromatic heterocycles. The van der Waals surface area contributed by atoms with Crippen molar-refractivity contribution in [2.45, 2.75) is 13.8 Å². The minimum atomic E-state index is -0.624. The number of carbonyl (C=O) groups excluding carboxylic acids is 3. The largest absolute Gasteiger partial charge is 0.462 e. The molecule has 172 valence electrons. The molecule has 4 rings (SSSR count). The molecule has 2 N–H and O–H groups in total. The number of imidazole rings is 1. The van der Waals surface area contributed by atoms with Crippen molar-refractivity contribution in [3.05, 3.63) is 83.4 Å². The molecule has 1 amide bonds. The number of rotatable bonds is 7. The van der Waals surface area contributed by atoms with Crippen LogP contribution in [0.1, 0.15) is 33.2 Å². The average molecular weight is 457 g/mol. The van der Waals surface area contributed by atoms with E-state index in [9.17, 15) is 14.4 Å². The Balaban J connectivity index is 1.35. The van der Waals surface area contributed by atoms with E-state index >= 15 is 0 Å². The normalized spacial score (nSPS) is 10.6. The van der Waals surface area contributed by atoms with Gasteiger partial charge in [0.1, 0.15) is 5.82 Å². The van der Waals surface area contributed by atoms with E-state index in [0.29, 0.717) is 28.2 Å². The van der Waals surface area contributed by atoms with Crippen LogP contribution in [0.25, 0.3) is 22.4 Å². The van der Waals surface area contributed by atoms with Crippen LogP contribution >= 0.6 is 0 Å². The van der Waals surface area contributed by atoms with Crippen LogP contribution < -0.4 is 5.32 Å². The highest BCUT2D eigenvalue weighted by Crippen LogP contribution is 2.22. The molecule has 0 spiro atoms. The number of benzene rings is 3. The molecule has 0 aliphatic heterocycles. The standard InChI is InChI=1S/C26H23N3O5/c1-3-33-25(31)18-8-11-20(12-9-18)27-23(30)15-34-26(32)19-10-13-21-22(14-19)29-24(28-21)17-6-4-16(2)5-7-17/h4-14H,3,15H2,1-2H3,(H,27,30)(H,28,29). The third kappa shape index (κ3) is 5.29. The number of H-pyrrole nitrogens is 1. The molecule has 4 aromatic rings. The van der Waals surface area contributed by atoms with Gasteiger partial charge < -0.3 is 19.8 Å². The molecular weight excluding hydrogens is 434 g/mol. The van der Waals surface area contributed by atoms with Crippen molar-refractivity contribution >= 4 is 34.6 Å². The SMILES string of the molecule is CCOC(=O)c1ccc(NC(=O)COC(=O)c2ccc3nc(-c4ccc(C)cc4)[nH]c3c2)cc1. The highest BCUT2D eigenvalue weighted by Gasteiger charge is 2.14.